The van der Waals surface area contributed by atoms with Gasteiger partial charge in [-0.05, 0) is 49.9 Å². The predicted octanol–water partition coefficient (Wildman–Crippen LogP) is 2.73. The molecule has 1 aromatic carbocycles. The van der Waals surface area contributed by atoms with Crippen molar-refractivity contribution in [3.63, 3.8) is 0 Å². The van der Waals surface area contributed by atoms with E-state index in [0.29, 0.717) is 6.04 Å². The van der Waals surface area contributed by atoms with E-state index in [4.69, 9.17) is 5.73 Å². The van der Waals surface area contributed by atoms with E-state index >= 15 is 0 Å². The summed E-state index contributed by atoms with van der Waals surface area (Å²) in [5.74, 6) is 0.876. The fourth-order valence-corrected chi connectivity index (χ4v) is 2.77. The van der Waals surface area contributed by atoms with Gasteiger partial charge in [0.2, 0.25) is 0 Å². The van der Waals surface area contributed by atoms with Crippen molar-refractivity contribution in [3.05, 3.63) is 35.4 Å². The first-order chi connectivity index (χ1) is 8.22. The first-order valence-electron chi connectivity index (χ1n) is 6.72. The molecule has 2 nitrogen and oxygen atoms in total. The lowest BCUT2D eigenvalue weighted by Crippen LogP contribution is -2.39. The number of hydrogen-bond donors (Lipinski definition) is 1. The van der Waals surface area contributed by atoms with Gasteiger partial charge in [0, 0.05) is 12.6 Å². The standard InChI is InChI=1S/C15H24N2/c1-12-7-9-17(10-8-12)15(11-16)14-6-4-3-5-13(14)2/h3-6,12,15H,7-11,16H2,1-2H3. The highest BCUT2D eigenvalue weighted by Crippen LogP contribution is 2.27. The molecule has 0 aromatic heterocycles. The largest absolute Gasteiger partial charge is 0.329 e. The first-order valence-corrected chi connectivity index (χ1v) is 6.72. The summed E-state index contributed by atoms with van der Waals surface area (Å²) in [6.45, 7) is 7.64. The average molecular weight is 232 g/mol. The molecule has 0 radical (unpaired) electrons. The number of benzene rings is 1. The van der Waals surface area contributed by atoms with E-state index in [2.05, 4.69) is 43.0 Å². The fourth-order valence-electron chi connectivity index (χ4n) is 2.77. The summed E-state index contributed by atoms with van der Waals surface area (Å²) >= 11 is 0. The van der Waals surface area contributed by atoms with Crippen LogP contribution in [0.2, 0.25) is 0 Å². The quantitative estimate of drug-likeness (QED) is 0.868. The maximum atomic E-state index is 6.00. The summed E-state index contributed by atoms with van der Waals surface area (Å²) in [6, 6.07) is 9.04. The van der Waals surface area contributed by atoms with Crippen molar-refractivity contribution in [2.75, 3.05) is 19.6 Å². The minimum absolute atomic E-state index is 0.406. The highest BCUT2D eigenvalue weighted by atomic mass is 15.2. The Morgan fingerprint density at radius 1 is 1.29 bits per heavy atom. The Morgan fingerprint density at radius 3 is 2.53 bits per heavy atom. The molecule has 0 aliphatic carbocycles. The summed E-state index contributed by atoms with van der Waals surface area (Å²) < 4.78 is 0. The lowest BCUT2D eigenvalue weighted by atomic mass is 9.94. The number of rotatable bonds is 3. The maximum absolute atomic E-state index is 6.00. The fraction of sp³-hybridized carbons (Fsp3) is 0.600. The molecule has 1 fully saturated rings. The van der Waals surface area contributed by atoms with Gasteiger partial charge in [-0.25, -0.2) is 0 Å². The third-order valence-electron chi connectivity index (χ3n) is 4.03. The molecule has 1 saturated heterocycles. The van der Waals surface area contributed by atoms with Crippen LogP contribution >= 0.6 is 0 Å². The molecular weight excluding hydrogens is 208 g/mol. The number of nitrogens with zero attached hydrogens (tertiary/aromatic N) is 1. The lowest BCUT2D eigenvalue weighted by molar-refractivity contribution is 0.141. The Morgan fingerprint density at radius 2 is 1.94 bits per heavy atom. The zero-order valence-corrected chi connectivity index (χ0v) is 11.0. The minimum Gasteiger partial charge on any atom is -0.329 e. The van der Waals surface area contributed by atoms with Crippen molar-refractivity contribution in [1.29, 1.82) is 0 Å². The van der Waals surface area contributed by atoms with Gasteiger partial charge in [-0.2, -0.15) is 0 Å². The molecule has 2 heteroatoms. The van der Waals surface area contributed by atoms with Crippen molar-refractivity contribution < 1.29 is 0 Å². The third kappa shape index (κ3) is 2.88. The molecule has 1 atom stereocenters. The topological polar surface area (TPSA) is 29.3 Å². The molecule has 0 amide bonds. The van der Waals surface area contributed by atoms with Gasteiger partial charge in [0.1, 0.15) is 0 Å². The van der Waals surface area contributed by atoms with Crippen LogP contribution in [-0.4, -0.2) is 24.5 Å². The van der Waals surface area contributed by atoms with E-state index in [9.17, 15) is 0 Å². The second-order valence-corrected chi connectivity index (χ2v) is 5.33. The van der Waals surface area contributed by atoms with Crippen LogP contribution in [-0.2, 0) is 0 Å². The predicted molar refractivity (Wildman–Crippen MR) is 72.9 cm³/mol. The molecule has 17 heavy (non-hydrogen) atoms. The normalized spacial score (nSPS) is 20.4. The molecule has 1 unspecified atom stereocenters. The molecule has 2 N–H and O–H groups in total. The van der Waals surface area contributed by atoms with Crippen LogP contribution in [0.25, 0.3) is 0 Å². The SMILES string of the molecule is Cc1ccccc1C(CN)N1CCC(C)CC1. The minimum atomic E-state index is 0.406. The van der Waals surface area contributed by atoms with E-state index in [-0.39, 0.29) is 0 Å². The number of nitrogens with two attached hydrogens (primary N) is 1. The molecule has 1 aliphatic heterocycles. The van der Waals surface area contributed by atoms with Crippen LogP contribution in [0.5, 0.6) is 0 Å². The van der Waals surface area contributed by atoms with Crippen molar-refractivity contribution in [2.24, 2.45) is 11.7 Å². The van der Waals surface area contributed by atoms with Crippen LogP contribution in [0, 0.1) is 12.8 Å². The molecule has 2 rings (SSSR count). The average Bonchev–Trinajstić information content (AvgIpc) is 2.35. The van der Waals surface area contributed by atoms with Crippen LogP contribution in [0.4, 0.5) is 0 Å². The van der Waals surface area contributed by atoms with Gasteiger partial charge in [0.15, 0.2) is 0 Å². The van der Waals surface area contributed by atoms with E-state index < -0.39 is 0 Å². The first kappa shape index (κ1) is 12.6. The zero-order valence-electron chi connectivity index (χ0n) is 11.0. The van der Waals surface area contributed by atoms with E-state index in [1.165, 1.54) is 37.1 Å². The van der Waals surface area contributed by atoms with Gasteiger partial charge in [-0.1, -0.05) is 31.2 Å². The third-order valence-corrected chi connectivity index (χ3v) is 4.03. The summed E-state index contributed by atoms with van der Waals surface area (Å²) in [7, 11) is 0. The second-order valence-electron chi connectivity index (χ2n) is 5.33. The van der Waals surface area contributed by atoms with Gasteiger partial charge >= 0.3 is 0 Å². The molecule has 0 saturated carbocycles. The van der Waals surface area contributed by atoms with E-state index in [1.807, 2.05) is 0 Å². The number of piperidine rings is 1. The van der Waals surface area contributed by atoms with Crippen molar-refractivity contribution in [1.82, 2.24) is 4.90 Å². The summed E-state index contributed by atoms with van der Waals surface area (Å²) in [4.78, 5) is 2.56. The second kappa shape index (κ2) is 5.65. The number of likely N-dealkylation sites (tertiary alicyclic amines) is 1. The van der Waals surface area contributed by atoms with E-state index in [0.717, 1.165) is 12.5 Å². The summed E-state index contributed by atoms with van der Waals surface area (Å²) in [5.41, 5.74) is 8.77. The molecule has 1 heterocycles. The Hall–Kier alpha value is -0.860. The lowest BCUT2D eigenvalue weighted by Gasteiger charge is -2.37. The summed E-state index contributed by atoms with van der Waals surface area (Å²) in [6.07, 6.45) is 2.62. The van der Waals surface area contributed by atoms with Crippen molar-refractivity contribution in [2.45, 2.75) is 32.7 Å². The highest BCUT2D eigenvalue weighted by Gasteiger charge is 2.24. The molecule has 0 bridgehead atoms. The number of aryl methyl sites for hydroxylation is 1. The van der Waals surface area contributed by atoms with Gasteiger partial charge < -0.3 is 5.73 Å². The molecule has 94 valence electrons. The van der Waals surface area contributed by atoms with Crippen LogP contribution < -0.4 is 5.73 Å². The Bertz CT molecular complexity index is 354. The maximum Gasteiger partial charge on any atom is 0.0473 e. The van der Waals surface area contributed by atoms with Gasteiger partial charge in [0.05, 0.1) is 0 Å². The monoisotopic (exact) mass is 232 g/mol. The van der Waals surface area contributed by atoms with Crippen LogP contribution in [0.3, 0.4) is 0 Å². The Labute approximate surface area is 105 Å². The van der Waals surface area contributed by atoms with Crippen molar-refractivity contribution in [3.8, 4) is 0 Å². The van der Waals surface area contributed by atoms with Crippen LogP contribution in [0.1, 0.15) is 36.9 Å². The van der Waals surface area contributed by atoms with Gasteiger partial charge in [0.25, 0.3) is 0 Å². The zero-order chi connectivity index (χ0) is 12.3. The Balaban J connectivity index is 2.14. The molecule has 1 aliphatic rings. The molecular formula is C15H24N2. The van der Waals surface area contributed by atoms with E-state index in [1.54, 1.807) is 0 Å². The van der Waals surface area contributed by atoms with Crippen LogP contribution in [0.15, 0.2) is 24.3 Å². The molecule has 0 spiro atoms. The molecule has 1 aromatic rings. The number of hydrogen-bond acceptors (Lipinski definition) is 2. The summed E-state index contributed by atoms with van der Waals surface area (Å²) in [5, 5.41) is 0. The highest BCUT2D eigenvalue weighted by molar-refractivity contribution is 5.29. The van der Waals surface area contributed by atoms with Gasteiger partial charge in [-0.15, -0.1) is 0 Å². The van der Waals surface area contributed by atoms with Crippen molar-refractivity contribution >= 4 is 0 Å². The smallest absolute Gasteiger partial charge is 0.0473 e. The Kier molecular flexibility index (Phi) is 4.19. The van der Waals surface area contributed by atoms with Gasteiger partial charge in [-0.3, -0.25) is 4.90 Å².